The standard InChI is InChI=1S/C14H14N2O2/c1-10-13(8-9-16(10)11(2)17)14(18)15-12-6-4-3-5-7-12/h3-9H,1-2H3,(H,15,18). The molecule has 4 heteroatoms. The lowest BCUT2D eigenvalue weighted by molar-refractivity contribution is 0.0935. The maximum Gasteiger partial charge on any atom is 0.257 e. The zero-order chi connectivity index (χ0) is 13.1. The first-order chi connectivity index (χ1) is 8.59. The van der Waals surface area contributed by atoms with E-state index in [1.807, 2.05) is 30.3 Å². The van der Waals surface area contributed by atoms with Crippen molar-refractivity contribution in [1.82, 2.24) is 4.57 Å². The number of rotatable bonds is 2. The van der Waals surface area contributed by atoms with Gasteiger partial charge in [0.2, 0.25) is 5.91 Å². The van der Waals surface area contributed by atoms with Gasteiger partial charge in [0.15, 0.2) is 0 Å². The highest BCUT2D eigenvalue weighted by atomic mass is 16.2. The number of para-hydroxylation sites is 1. The minimum absolute atomic E-state index is 0.105. The number of nitrogens with one attached hydrogen (secondary N) is 1. The number of aromatic nitrogens is 1. The monoisotopic (exact) mass is 242 g/mol. The number of anilines is 1. The first-order valence-electron chi connectivity index (χ1n) is 5.65. The molecule has 92 valence electrons. The predicted molar refractivity (Wildman–Crippen MR) is 69.9 cm³/mol. The second-order valence-corrected chi connectivity index (χ2v) is 4.02. The Kier molecular flexibility index (Phi) is 3.28. The van der Waals surface area contributed by atoms with E-state index in [9.17, 15) is 9.59 Å². The molecule has 0 bridgehead atoms. The Morgan fingerprint density at radius 1 is 1.11 bits per heavy atom. The summed E-state index contributed by atoms with van der Waals surface area (Å²) in [6, 6.07) is 10.9. The highest BCUT2D eigenvalue weighted by Gasteiger charge is 2.14. The molecule has 1 N–H and O–H groups in total. The summed E-state index contributed by atoms with van der Waals surface area (Å²) in [6.07, 6.45) is 1.61. The maximum absolute atomic E-state index is 12.0. The van der Waals surface area contributed by atoms with Crippen molar-refractivity contribution in [2.24, 2.45) is 0 Å². The molecule has 2 aromatic rings. The molecule has 18 heavy (non-hydrogen) atoms. The van der Waals surface area contributed by atoms with Crippen molar-refractivity contribution in [1.29, 1.82) is 0 Å². The average molecular weight is 242 g/mol. The van der Waals surface area contributed by atoms with Gasteiger partial charge in [-0.3, -0.25) is 14.2 Å². The lowest BCUT2D eigenvalue weighted by Crippen LogP contribution is -2.14. The van der Waals surface area contributed by atoms with Gasteiger partial charge in [-0.1, -0.05) is 18.2 Å². The van der Waals surface area contributed by atoms with Crippen LogP contribution in [-0.4, -0.2) is 16.4 Å². The van der Waals surface area contributed by atoms with Gasteiger partial charge in [0.05, 0.1) is 5.56 Å². The van der Waals surface area contributed by atoms with Gasteiger partial charge in [-0.15, -0.1) is 0 Å². The fourth-order valence-corrected chi connectivity index (χ4v) is 1.81. The molecule has 1 aromatic carbocycles. The third kappa shape index (κ3) is 2.32. The van der Waals surface area contributed by atoms with E-state index < -0.39 is 0 Å². The summed E-state index contributed by atoms with van der Waals surface area (Å²) >= 11 is 0. The number of carbonyl (C=O) groups is 2. The van der Waals surface area contributed by atoms with Gasteiger partial charge < -0.3 is 5.32 Å². The zero-order valence-corrected chi connectivity index (χ0v) is 10.3. The maximum atomic E-state index is 12.0. The van der Waals surface area contributed by atoms with Gasteiger partial charge in [0.25, 0.3) is 5.91 Å². The molecular weight excluding hydrogens is 228 g/mol. The van der Waals surface area contributed by atoms with E-state index in [0.29, 0.717) is 11.3 Å². The van der Waals surface area contributed by atoms with E-state index >= 15 is 0 Å². The Balaban J connectivity index is 2.22. The number of hydrogen-bond acceptors (Lipinski definition) is 2. The Labute approximate surface area is 105 Å². The summed E-state index contributed by atoms with van der Waals surface area (Å²) in [7, 11) is 0. The van der Waals surface area contributed by atoms with Crippen molar-refractivity contribution in [3.63, 3.8) is 0 Å². The van der Waals surface area contributed by atoms with Crippen molar-refractivity contribution in [3.8, 4) is 0 Å². The molecule has 1 heterocycles. The molecule has 0 fully saturated rings. The van der Waals surface area contributed by atoms with Crippen LogP contribution in [0.1, 0.15) is 27.8 Å². The van der Waals surface area contributed by atoms with E-state index in [1.165, 1.54) is 11.5 Å². The molecule has 0 spiro atoms. The van der Waals surface area contributed by atoms with Gasteiger partial charge in [-0.25, -0.2) is 0 Å². The molecule has 1 aromatic heterocycles. The van der Waals surface area contributed by atoms with E-state index in [-0.39, 0.29) is 11.8 Å². The van der Waals surface area contributed by atoms with Crippen molar-refractivity contribution in [2.45, 2.75) is 13.8 Å². The normalized spacial score (nSPS) is 10.1. The minimum Gasteiger partial charge on any atom is -0.322 e. The Morgan fingerprint density at radius 3 is 2.33 bits per heavy atom. The fraction of sp³-hybridized carbons (Fsp3) is 0.143. The van der Waals surface area contributed by atoms with Crippen molar-refractivity contribution >= 4 is 17.5 Å². The molecule has 0 unspecified atom stereocenters. The zero-order valence-electron chi connectivity index (χ0n) is 10.3. The van der Waals surface area contributed by atoms with Crippen LogP contribution in [-0.2, 0) is 0 Å². The summed E-state index contributed by atoms with van der Waals surface area (Å²) in [5.41, 5.74) is 1.89. The molecule has 0 saturated heterocycles. The van der Waals surface area contributed by atoms with Crippen LogP contribution in [0.2, 0.25) is 0 Å². The second kappa shape index (κ2) is 4.87. The summed E-state index contributed by atoms with van der Waals surface area (Å²) in [4.78, 5) is 23.3. The Morgan fingerprint density at radius 2 is 1.78 bits per heavy atom. The van der Waals surface area contributed by atoms with Crippen LogP contribution in [0.15, 0.2) is 42.6 Å². The van der Waals surface area contributed by atoms with Gasteiger partial charge >= 0.3 is 0 Å². The molecule has 2 rings (SSSR count). The van der Waals surface area contributed by atoms with Crippen LogP contribution in [0.5, 0.6) is 0 Å². The quantitative estimate of drug-likeness (QED) is 0.880. The summed E-state index contributed by atoms with van der Waals surface area (Å²) in [5, 5.41) is 2.79. The smallest absolute Gasteiger partial charge is 0.257 e. The van der Waals surface area contributed by atoms with E-state index in [0.717, 1.165) is 5.69 Å². The molecule has 0 aliphatic heterocycles. The minimum atomic E-state index is -0.210. The summed E-state index contributed by atoms with van der Waals surface area (Å²) < 4.78 is 1.46. The highest BCUT2D eigenvalue weighted by molar-refractivity contribution is 6.05. The molecule has 0 saturated carbocycles. The third-order valence-electron chi connectivity index (χ3n) is 2.76. The molecule has 0 aliphatic rings. The predicted octanol–water partition coefficient (Wildman–Crippen LogP) is 2.71. The van der Waals surface area contributed by atoms with Crippen LogP contribution in [0.3, 0.4) is 0 Å². The van der Waals surface area contributed by atoms with Crippen LogP contribution in [0, 0.1) is 6.92 Å². The summed E-state index contributed by atoms with van der Waals surface area (Å²) in [6.45, 7) is 3.22. The lowest BCUT2D eigenvalue weighted by Gasteiger charge is -2.05. The number of amides is 1. The van der Waals surface area contributed by atoms with E-state index in [4.69, 9.17) is 0 Å². The first-order valence-corrected chi connectivity index (χ1v) is 5.65. The second-order valence-electron chi connectivity index (χ2n) is 4.02. The molecule has 4 nitrogen and oxygen atoms in total. The number of carbonyl (C=O) groups excluding carboxylic acids is 2. The van der Waals surface area contributed by atoms with E-state index in [1.54, 1.807) is 19.2 Å². The SMILES string of the molecule is CC(=O)n1ccc(C(=O)Nc2ccccc2)c1C. The van der Waals surface area contributed by atoms with Crippen molar-refractivity contribution in [2.75, 3.05) is 5.32 Å². The fourth-order valence-electron chi connectivity index (χ4n) is 1.81. The molecule has 0 aliphatic carbocycles. The highest BCUT2D eigenvalue weighted by Crippen LogP contribution is 2.13. The van der Waals surface area contributed by atoms with Gasteiger partial charge in [-0.05, 0) is 25.1 Å². The summed E-state index contributed by atoms with van der Waals surface area (Å²) in [5.74, 6) is -0.315. The average Bonchev–Trinajstić information content (AvgIpc) is 2.72. The van der Waals surface area contributed by atoms with Crippen LogP contribution < -0.4 is 5.32 Å². The number of nitrogens with zero attached hydrogens (tertiary/aromatic N) is 1. The van der Waals surface area contributed by atoms with Gasteiger partial charge in [0.1, 0.15) is 0 Å². The van der Waals surface area contributed by atoms with Crippen LogP contribution in [0.25, 0.3) is 0 Å². The molecular formula is C14H14N2O2. The molecule has 0 radical (unpaired) electrons. The van der Waals surface area contributed by atoms with Crippen molar-refractivity contribution in [3.05, 3.63) is 53.9 Å². The Hall–Kier alpha value is -2.36. The lowest BCUT2D eigenvalue weighted by atomic mass is 10.2. The molecule has 0 atom stereocenters. The topological polar surface area (TPSA) is 51.1 Å². The Bertz CT molecular complexity index is 585. The molecule has 1 amide bonds. The van der Waals surface area contributed by atoms with Crippen LogP contribution in [0.4, 0.5) is 5.69 Å². The number of hydrogen-bond donors (Lipinski definition) is 1. The van der Waals surface area contributed by atoms with Gasteiger partial charge in [0, 0.05) is 24.5 Å². The van der Waals surface area contributed by atoms with Crippen LogP contribution >= 0.6 is 0 Å². The van der Waals surface area contributed by atoms with Gasteiger partial charge in [-0.2, -0.15) is 0 Å². The largest absolute Gasteiger partial charge is 0.322 e. The first kappa shape index (κ1) is 12.1. The third-order valence-corrected chi connectivity index (χ3v) is 2.76. The van der Waals surface area contributed by atoms with E-state index in [2.05, 4.69) is 5.32 Å². The number of benzene rings is 1. The van der Waals surface area contributed by atoms with Crippen molar-refractivity contribution < 1.29 is 9.59 Å².